The Balaban J connectivity index is 0.000000149. The summed E-state index contributed by atoms with van der Waals surface area (Å²) in [5, 5.41) is 1.05. The van der Waals surface area contributed by atoms with Crippen molar-refractivity contribution in [3.63, 3.8) is 0 Å². The first-order valence-corrected chi connectivity index (χ1v) is 10.4. The average Bonchev–Trinajstić information content (AvgIpc) is 3.06. The van der Waals surface area contributed by atoms with Crippen LogP contribution in [0.3, 0.4) is 0 Å². The van der Waals surface area contributed by atoms with Crippen molar-refractivity contribution in [3.05, 3.63) is 48.5 Å². The molecule has 0 saturated heterocycles. The van der Waals surface area contributed by atoms with Crippen LogP contribution in [0, 0.1) is 0 Å². The molecule has 0 aliphatic heterocycles. The molecule has 2 heterocycles. The lowest BCUT2D eigenvalue weighted by atomic mass is 10.3. The lowest BCUT2D eigenvalue weighted by molar-refractivity contribution is 0.607. The Bertz CT molecular complexity index is 1020. The van der Waals surface area contributed by atoms with Crippen molar-refractivity contribution >= 4 is 63.4 Å². The highest BCUT2D eigenvalue weighted by Crippen LogP contribution is 2.25. The van der Waals surface area contributed by atoms with E-state index in [0.717, 1.165) is 26.7 Å². The summed E-state index contributed by atoms with van der Waals surface area (Å²) in [6.07, 6.45) is 1.11. The molecule has 24 heavy (non-hydrogen) atoms. The smallest absolute Gasteiger partial charge is 0.231 e. The van der Waals surface area contributed by atoms with Gasteiger partial charge in [0.05, 0.1) is 26.7 Å². The topological polar surface area (TPSA) is 98.0 Å². The molecule has 9 heteroatoms. The molecule has 0 bridgehead atoms. The predicted molar refractivity (Wildman–Crippen MR) is 102 cm³/mol. The first kappa shape index (κ1) is 16.6. The van der Waals surface area contributed by atoms with E-state index >= 15 is 0 Å². The van der Waals surface area contributed by atoms with E-state index in [9.17, 15) is 8.42 Å². The fourth-order valence-electron chi connectivity index (χ4n) is 1.96. The molecule has 6 nitrogen and oxygen atoms in total. The number of rotatable bonds is 2. The third-order valence-electron chi connectivity index (χ3n) is 2.88. The second-order valence-electron chi connectivity index (χ2n) is 4.88. The van der Waals surface area contributed by atoms with Crippen molar-refractivity contribution in [2.24, 2.45) is 0 Å². The van der Waals surface area contributed by atoms with Crippen LogP contribution >= 0.6 is 22.7 Å². The Labute approximate surface area is 147 Å². The Morgan fingerprint density at radius 1 is 0.917 bits per heavy atom. The number of nitrogens with zero attached hydrogens (tertiary/aromatic N) is 2. The maximum absolute atomic E-state index is 10.9. The molecule has 3 N–H and O–H groups in total. The van der Waals surface area contributed by atoms with Crippen molar-refractivity contribution in [2.45, 2.75) is 0 Å². The van der Waals surface area contributed by atoms with E-state index in [1.54, 1.807) is 0 Å². The van der Waals surface area contributed by atoms with Crippen LogP contribution in [0.2, 0.25) is 0 Å². The van der Waals surface area contributed by atoms with E-state index in [2.05, 4.69) is 14.7 Å². The Kier molecular flexibility index (Phi) is 4.65. The summed E-state index contributed by atoms with van der Waals surface area (Å²) in [5.41, 5.74) is 7.30. The minimum absolute atomic E-state index is 0.411. The first-order valence-electron chi connectivity index (χ1n) is 6.85. The van der Waals surface area contributed by atoms with E-state index in [-0.39, 0.29) is 0 Å². The van der Waals surface area contributed by atoms with Gasteiger partial charge in [0, 0.05) is 0 Å². The first-order chi connectivity index (χ1) is 11.4. The normalized spacial score (nSPS) is 11.2. The van der Waals surface area contributed by atoms with Crippen LogP contribution in [0.4, 0.5) is 10.3 Å². The number of nitrogens with two attached hydrogens (primary N) is 1. The predicted octanol–water partition coefficient (Wildman–Crippen LogP) is 3.55. The maximum atomic E-state index is 10.9. The molecule has 0 unspecified atom stereocenters. The van der Waals surface area contributed by atoms with Gasteiger partial charge in [0.15, 0.2) is 10.3 Å². The van der Waals surface area contributed by atoms with Gasteiger partial charge in [-0.1, -0.05) is 46.9 Å². The fourth-order valence-corrected chi connectivity index (χ4v) is 4.40. The largest absolute Gasteiger partial charge is 0.375 e. The van der Waals surface area contributed by atoms with E-state index in [4.69, 9.17) is 5.73 Å². The molecule has 4 aromatic rings. The summed E-state index contributed by atoms with van der Waals surface area (Å²) in [5.74, 6) is 0. The number of para-hydroxylation sites is 2. The van der Waals surface area contributed by atoms with Gasteiger partial charge in [-0.3, -0.25) is 4.72 Å². The fraction of sp³-hybridized carbons (Fsp3) is 0.0667. The molecule has 0 aliphatic carbocycles. The van der Waals surface area contributed by atoms with E-state index < -0.39 is 10.0 Å². The van der Waals surface area contributed by atoms with Crippen molar-refractivity contribution in [2.75, 3.05) is 16.7 Å². The number of benzene rings is 2. The third-order valence-corrected chi connectivity index (χ3v) is 5.39. The number of fused-ring (bicyclic) bond motifs is 2. The molecule has 0 radical (unpaired) electrons. The molecule has 0 atom stereocenters. The molecule has 0 fully saturated rings. The van der Waals surface area contributed by atoms with E-state index in [0.29, 0.717) is 10.3 Å². The summed E-state index contributed by atoms with van der Waals surface area (Å²) in [6, 6.07) is 15.4. The maximum Gasteiger partial charge on any atom is 0.231 e. The molecule has 0 spiro atoms. The highest BCUT2D eigenvalue weighted by molar-refractivity contribution is 7.92. The molecule has 0 amide bonds. The van der Waals surface area contributed by atoms with Gasteiger partial charge in [0.1, 0.15) is 0 Å². The van der Waals surface area contributed by atoms with Crippen LogP contribution in [-0.2, 0) is 10.0 Å². The molecule has 2 aromatic carbocycles. The van der Waals surface area contributed by atoms with Crippen LogP contribution < -0.4 is 10.5 Å². The van der Waals surface area contributed by atoms with Gasteiger partial charge in [-0.05, 0) is 24.3 Å². The number of aromatic nitrogens is 2. The summed E-state index contributed by atoms with van der Waals surface area (Å²) in [7, 11) is -3.23. The monoisotopic (exact) mass is 378 g/mol. The molecule has 0 saturated carbocycles. The summed E-state index contributed by atoms with van der Waals surface area (Å²) >= 11 is 2.84. The van der Waals surface area contributed by atoms with Crippen LogP contribution in [0.1, 0.15) is 0 Å². The van der Waals surface area contributed by atoms with Crippen molar-refractivity contribution in [1.82, 2.24) is 9.97 Å². The lowest BCUT2D eigenvalue weighted by Crippen LogP contribution is -2.08. The van der Waals surface area contributed by atoms with E-state index in [1.807, 2.05) is 48.5 Å². The zero-order valence-corrected chi connectivity index (χ0v) is 15.1. The zero-order valence-electron chi connectivity index (χ0n) is 12.6. The summed E-state index contributed by atoms with van der Waals surface area (Å²) < 4.78 is 26.3. The highest BCUT2D eigenvalue weighted by atomic mass is 32.2. The van der Waals surface area contributed by atoms with Crippen molar-refractivity contribution in [1.29, 1.82) is 0 Å². The van der Waals surface area contributed by atoms with Gasteiger partial charge in [0.2, 0.25) is 10.0 Å². The quantitative estimate of drug-likeness (QED) is 0.556. The van der Waals surface area contributed by atoms with E-state index in [1.165, 1.54) is 22.7 Å². The molecule has 124 valence electrons. The number of sulfonamides is 1. The van der Waals surface area contributed by atoms with Gasteiger partial charge in [-0.25, -0.2) is 18.4 Å². The molecule has 2 aromatic heterocycles. The van der Waals surface area contributed by atoms with Crippen LogP contribution in [0.15, 0.2) is 48.5 Å². The number of hydrogen-bond acceptors (Lipinski definition) is 7. The second kappa shape index (κ2) is 6.71. The van der Waals surface area contributed by atoms with Crippen LogP contribution in [0.25, 0.3) is 20.4 Å². The number of hydrogen-bond donors (Lipinski definition) is 2. The average molecular weight is 379 g/mol. The minimum atomic E-state index is -3.23. The SMILES string of the molecule is CS(=O)(=O)Nc1nc2ccccc2s1.Nc1nc2ccccc2s1. The van der Waals surface area contributed by atoms with Crippen molar-refractivity contribution in [3.8, 4) is 0 Å². The number of nitrogen functional groups attached to an aromatic ring is 1. The van der Waals surface area contributed by atoms with Crippen LogP contribution in [-0.4, -0.2) is 24.6 Å². The lowest BCUT2D eigenvalue weighted by Gasteiger charge is -1.95. The molecular formula is C15H14N4O2S3. The van der Waals surface area contributed by atoms with Gasteiger partial charge in [-0.15, -0.1) is 0 Å². The summed E-state index contributed by atoms with van der Waals surface area (Å²) in [4.78, 5) is 8.24. The second-order valence-corrected chi connectivity index (χ2v) is 8.72. The Morgan fingerprint density at radius 2 is 1.46 bits per heavy atom. The van der Waals surface area contributed by atoms with Gasteiger partial charge >= 0.3 is 0 Å². The zero-order chi connectivity index (χ0) is 17.2. The highest BCUT2D eigenvalue weighted by Gasteiger charge is 2.06. The number of anilines is 2. The molecule has 0 aliphatic rings. The van der Waals surface area contributed by atoms with Gasteiger partial charge in [-0.2, -0.15) is 0 Å². The standard InChI is InChI=1S/C8H8N2O2S2.C7H6N2S/c1-14(11,12)10-8-9-6-4-2-3-5-7(6)13-8;8-7-9-5-3-1-2-4-6(5)10-7/h2-5H,1H3,(H,9,10);1-4H,(H2,8,9). The molecular weight excluding hydrogens is 364 g/mol. The Morgan fingerprint density at radius 3 is 2.00 bits per heavy atom. The third kappa shape index (κ3) is 4.19. The molecule has 4 rings (SSSR count). The minimum Gasteiger partial charge on any atom is -0.375 e. The van der Waals surface area contributed by atoms with Gasteiger partial charge < -0.3 is 5.73 Å². The number of nitrogens with one attached hydrogen (secondary N) is 1. The summed E-state index contributed by atoms with van der Waals surface area (Å²) in [6.45, 7) is 0. The number of thiazole rings is 2. The van der Waals surface area contributed by atoms with Crippen LogP contribution in [0.5, 0.6) is 0 Å². The van der Waals surface area contributed by atoms with Gasteiger partial charge in [0.25, 0.3) is 0 Å². The Hall–Kier alpha value is -2.23. The van der Waals surface area contributed by atoms with Crippen molar-refractivity contribution < 1.29 is 8.42 Å².